The highest BCUT2D eigenvalue weighted by molar-refractivity contribution is 4.66. The van der Waals surface area contributed by atoms with E-state index in [2.05, 4.69) is 0 Å². The van der Waals surface area contributed by atoms with E-state index in [1.54, 1.807) is 6.08 Å². The smallest absolute Gasteiger partial charge is 0.0751 e. The molecule has 0 fully saturated rings. The average molecular weight is 72.1 g/mol. The van der Waals surface area contributed by atoms with E-state index >= 15 is 0 Å². The highest BCUT2D eigenvalue weighted by Crippen LogP contribution is 1.71. The van der Waals surface area contributed by atoms with Crippen LogP contribution in [0.4, 0.5) is 0 Å². The van der Waals surface area contributed by atoms with Gasteiger partial charge in [-0.25, -0.2) is 0 Å². The predicted molar refractivity (Wildman–Crippen MR) is 22.1 cm³/mol. The topological polar surface area (TPSA) is 20.2 Å². The summed E-state index contributed by atoms with van der Waals surface area (Å²) in [6.07, 6.45) is 3.65. The van der Waals surface area contributed by atoms with Crippen molar-refractivity contribution in [3.05, 3.63) is 12.3 Å². The molecule has 0 aromatic rings. The Kier molecular flexibility index (Phi) is 3.21. The molecule has 0 saturated heterocycles. The fraction of sp³-hybridized carbons (Fsp3) is 0.500. The zero-order valence-electron chi connectivity index (χ0n) is 3.31. The molecule has 0 aromatic heterocycles. The molecule has 0 spiro atoms. The summed E-state index contributed by atoms with van der Waals surface area (Å²) in [5.41, 5.74) is 0. The summed E-state index contributed by atoms with van der Waals surface area (Å²) < 4.78 is 0. The van der Waals surface area contributed by atoms with Gasteiger partial charge in [-0.2, -0.15) is 0 Å². The van der Waals surface area contributed by atoms with Crippen molar-refractivity contribution < 1.29 is 5.11 Å². The van der Waals surface area contributed by atoms with Crippen molar-refractivity contribution in [2.24, 2.45) is 0 Å². The van der Waals surface area contributed by atoms with Crippen molar-refractivity contribution in [1.82, 2.24) is 0 Å². The number of rotatable bonds is 1. The van der Waals surface area contributed by atoms with Crippen molar-refractivity contribution in [3.8, 4) is 0 Å². The maximum atomic E-state index is 7.89. The molecule has 1 nitrogen and oxygen atoms in total. The molecule has 0 amide bonds. The Balaban J connectivity index is 2.62. The third-order valence-electron chi connectivity index (χ3n) is 0.341. The van der Waals surface area contributed by atoms with Crippen molar-refractivity contribution in [3.63, 3.8) is 0 Å². The molecule has 0 saturated carbocycles. The lowest BCUT2D eigenvalue weighted by molar-refractivity contribution is 0.471. The fourth-order valence-electron chi connectivity index (χ4n) is 0.105. The molecule has 0 atom stereocenters. The van der Waals surface area contributed by atoms with Crippen LogP contribution in [-0.2, 0) is 0 Å². The first-order valence-corrected chi connectivity index (χ1v) is 1.71. The number of aliphatic hydroxyl groups excluding tert-OH is 1. The minimum absolute atomic E-state index is 0.913. The molecule has 0 aliphatic heterocycles. The van der Waals surface area contributed by atoms with Crippen LogP contribution in [0.5, 0.6) is 0 Å². The van der Waals surface area contributed by atoms with Gasteiger partial charge in [-0.1, -0.05) is 13.0 Å². The maximum Gasteiger partial charge on any atom is 0.0751 e. The highest BCUT2D eigenvalue weighted by Gasteiger charge is 1.53. The molecule has 30 valence electrons. The van der Waals surface area contributed by atoms with E-state index in [1.165, 1.54) is 0 Å². The fourth-order valence-corrected chi connectivity index (χ4v) is 0.105. The quantitative estimate of drug-likeness (QED) is 0.465. The van der Waals surface area contributed by atoms with Crippen LogP contribution in [0.1, 0.15) is 13.3 Å². The van der Waals surface area contributed by atoms with E-state index in [9.17, 15) is 0 Å². The van der Waals surface area contributed by atoms with Crippen LogP contribution in [0.3, 0.4) is 0 Å². The summed E-state index contributed by atoms with van der Waals surface area (Å²) >= 11 is 0. The van der Waals surface area contributed by atoms with Crippen LogP contribution >= 0.6 is 0 Å². The van der Waals surface area contributed by atoms with Crippen LogP contribution in [-0.4, -0.2) is 5.11 Å². The first-order chi connectivity index (χ1) is 2.41. The second kappa shape index (κ2) is 3.54. The summed E-state index contributed by atoms with van der Waals surface area (Å²) in [5, 5.41) is 7.89. The summed E-state index contributed by atoms with van der Waals surface area (Å²) in [6, 6.07) is 0. The minimum Gasteiger partial charge on any atom is -0.516 e. The normalized spacial score (nSPS) is 9.80. The molecule has 1 N–H and O–H groups in total. The van der Waals surface area contributed by atoms with Crippen LogP contribution in [0, 0.1) is 0 Å². The van der Waals surface area contributed by atoms with Crippen molar-refractivity contribution >= 4 is 0 Å². The van der Waals surface area contributed by atoms with Gasteiger partial charge in [0.1, 0.15) is 0 Å². The Labute approximate surface area is 31.9 Å². The van der Waals surface area contributed by atoms with Gasteiger partial charge in [0.2, 0.25) is 0 Å². The van der Waals surface area contributed by atoms with Crippen LogP contribution in [0.2, 0.25) is 0 Å². The number of hydrogen-bond donors (Lipinski definition) is 1. The minimum atomic E-state index is 0.913. The third kappa shape index (κ3) is 3.54. The SMILES string of the molecule is CCC=CO. The molecule has 0 radical (unpaired) electrons. The second-order valence-corrected chi connectivity index (χ2v) is 0.793. The monoisotopic (exact) mass is 72.1 g/mol. The zero-order valence-corrected chi connectivity index (χ0v) is 3.31. The van der Waals surface area contributed by atoms with Crippen molar-refractivity contribution in [1.29, 1.82) is 0 Å². The van der Waals surface area contributed by atoms with E-state index in [4.69, 9.17) is 5.11 Å². The Morgan fingerprint density at radius 1 is 1.80 bits per heavy atom. The van der Waals surface area contributed by atoms with Crippen LogP contribution < -0.4 is 0 Å². The molecule has 0 rings (SSSR count). The summed E-state index contributed by atoms with van der Waals surface area (Å²) in [6.45, 7) is 1.96. The van der Waals surface area contributed by atoms with E-state index in [-0.39, 0.29) is 0 Å². The Morgan fingerprint density at radius 2 is 2.40 bits per heavy atom. The van der Waals surface area contributed by atoms with Crippen molar-refractivity contribution in [2.75, 3.05) is 0 Å². The van der Waals surface area contributed by atoms with Gasteiger partial charge in [-0.05, 0) is 6.42 Å². The molecular weight excluding hydrogens is 64.0 g/mol. The van der Waals surface area contributed by atoms with Crippen LogP contribution in [0.15, 0.2) is 12.3 Å². The molecule has 0 bridgehead atoms. The molecule has 0 aliphatic carbocycles. The maximum absolute atomic E-state index is 7.89. The summed E-state index contributed by atoms with van der Waals surface area (Å²) in [4.78, 5) is 0. The molecule has 0 aliphatic rings. The molecule has 1 heteroatoms. The Morgan fingerprint density at radius 3 is 2.40 bits per heavy atom. The second-order valence-electron chi connectivity index (χ2n) is 0.793. The molecule has 5 heavy (non-hydrogen) atoms. The number of allylic oxidation sites excluding steroid dienone is 1. The van der Waals surface area contributed by atoms with Gasteiger partial charge in [0.05, 0.1) is 6.26 Å². The van der Waals surface area contributed by atoms with E-state index in [0.29, 0.717) is 0 Å². The first-order valence-electron chi connectivity index (χ1n) is 1.71. The average Bonchev–Trinajstić information content (AvgIpc) is 1.41. The predicted octanol–water partition coefficient (Wildman–Crippen LogP) is 1.47. The lowest BCUT2D eigenvalue weighted by Crippen LogP contribution is -1.48. The van der Waals surface area contributed by atoms with Gasteiger partial charge in [0.25, 0.3) is 0 Å². The Bertz CT molecular complexity index is 30.6. The van der Waals surface area contributed by atoms with Gasteiger partial charge in [-0.15, -0.1) is 0 Å². The van der Waals surface area contributed by atoms with E-state index in [0.717, 1.165) is 12.7 Å². The van der Waals surface area contributed by atoms with Gasteiger partial charge < -0.3 is 5.11 Å². The van der Waals surface area contributed by atoms with Gasteiger partial charge in [0, 0.05) is 0 Å². The molecular formula is C4H8O. The lowest BCUT2D eigenvalue weighted by atomic mass is 10.5. The van der Waals surface area contributed by atoms with Crippen molar-refractivity contribution in [2.45, 2.75) is 13.3 Å². The summed E-state index contributed by atoms with van der Waals surface area (Å²) in [5.74, 6) is 0. The largest absolute Gasteiger partial charge is 0.516 e. The van der Waals surface area contributed by atoms with Crippen LogP contribution in [0.25, 0.3) is 0 Å². The standard InChI is InChI=1S/C4H8O/c1-2-3-4-5/h3-5H,2H2,1H3. The number of aliphatic hydroxyl groups is 1. The van der Waals surface area contributed by atoms with E-state index < -0.39 is 0 Å². The molecule has 0 heterocycles. The van der Waals surface area contributed by atoms with Gasteiger partial charge in [0.15, 0.2) is 0 Å². The molecule has 0 unspecified atom stereocenters. The highest BCUT2D eigenvalue weighted by atomic mass is 16.2. The molecule has 0 aromatic carbocycles. The zero-order chi connectivity index (χ0) is 4.12. The first kappa shape index (κ1) is 4.54. The summed E-state index contributed by atoms with van der Waals surface area (Å²) in [7, 11) is 0. The Hall–Kier alpha value is -0.460. The lowest BCUT2D eigenvalue weighted by Gasteiger charge is -1.65. The number of hydrogen-bond acceptors (Lipinski definition) is 1. The van der Waals surface area contributed by atoms with Gasteiger partial charge >= 0.3 is 0 Å². The van der Waals surface area contributed by atoms with E-state index in [1.807, 2.05) is 6.92 Å². The third-order valence-corrected chi connectivity index (χ3v) is 0.341. The van der Waals surface area contributed by atoms with Gasteiger partial charge in [-0.3, -0.25) is 0 Å².